The number of para-hydroxylation sites is 1. The predicted molar refractivity (Wildman–Crippen MR) is 107 cm³/mol. The van der Waals surface area contributed by atoms with Gasteiger partial charge in [0, 0.05) is 19.6 Å². The predicted octanol–water partition coefficient (Wildman–Crippen LogP) is 1.64. The summed E-state index contributed by atoms with van der Waals surface area (Å²) >= 11 is 0. The van der Waals surface area contributed by atoms with Crippen LogP contribution in [0.2, 0.25) is 0 Å². The molecule has 0 unspecified atom stereocenters. The van der Waals surface area contributed by atoms with E-state index in [1.807, 2.05) is 4.90 Å². The zero-order valence-corrected chi connectivity index (χ0v) is 16.6. The van der Waals surface area contributed by atoms with Crippen molar-refractivity contribution in [3.05, 3.63) is 59.9 Å². The Morgan fingerprint density at radius 3 is 2.52 bits per heavy atom. The number of carbonyl (C=O) groups is 1. The zero-order valence-electron chi connectivity index (χ0n) is 15.8. The molecule has 29 heavy (non-hydrogen) atoms. The summed E-state index contributed by atoms with van der Waals surface area (Å²) in [4.78, 5) is 14.5. The Balaban J connectivity index is 1.31. The van der Waals surface area contributed by atoms with E-state index < -0.39 is 15.7 Å². The van der Waals surface area contributed by atoms with Gasteiger partial charge >= 0.3 is 0 Å². The van der Waals surface area contributed by atoms with Crippen molar-refractivity contribution in [2.24, 2.45) is 0 Å². The van der Waals surface area contributed by atoms with Crippen LogP contribution in [0.5, 0.6) is 0 Å². The molecule has 2 aromatic carbocycles. The summed E-state index contributed by atoms with van der Waals surface area (Å²) in [7, 11) is -3.57. The molecule has 1 fully saturated rings. The lowest BCUT2D eigenvalue weighted by atomic mass is 9.97. The Labute approximate surface area is 169 Å². The van der Waals surface area contributed by atoms with Crippen LogP contribution in [0.1, 0.15) is 18.4 Å². The fraction of sp³-hybridized carbons (Fsp3) is 0.350. The number of anilines is 1. The molecule has 2 heterocycles. The molecule has 0 bridgehead atoms. The normalized spacial score (nSPS) is 19.9. The Bertz CT molecular complexity index is 1000. The fourth-order valence-electron chi connectivity index (χ4n) is 3.78. The van der Waals surface area contributed by atoms with E-state index >= 15 is 0 Å². The van der Waals surface area contributed by atoms with Gasteiger partial charge in [0.15, 0.2) is 0 Å². The third-order valence-corrected chi connectivity index (χ3v) is 6.95. The molecule has 0 saturated carbocycles. The van der Waals surface area contributed by atoms with Crippen LogP contribution in [0.25, 0.3) is 0 Å². The van der Waals surface area contributed by atoms with E-state index in [0.29, 0.717) is 38.2 Å². The minimum atomic E-state index is -3.57. The molecule has 3 N–H and O–H groups in total. The first-order valence-corrected chi connectivity index (χ1v) is 11.0. The number of likely N-dealkylation sites (tertiary alicyclic amines) is 1. The second-order valence-corrected chi connectivity index (χ2v) is 9.14. The average molecular weight is 418 g/mol. The SMILES string of the molecule is O=C(CN1CCC2(CC1)Nc1ccccc1S(=O)(=O)N2)NCc1ccc(F)cc1. The Morgan fingerprint density at radius 2 is 1.79 bits per heavy atom. The number of carbonyl (C=O) groups excluding carboxylic acids is 1. The van der Waals surface area contributed by atoms with Gasteiger partial charge in [-0.1, -0.05) is 24.3 Å². The molecule has 9 heteroatoms. The van der Waals surface area contributed by atoms with E-state index in [1.165, 1.54) is 12.1 Å². The van der Waals surface area contributed by atoms with Crippen molar-refractivity contribution in [1.82, 2.24) is 14.9 Å². The maximum atomic E-state index is 12.9. The number of hydrogen-bond acceptors (Lipinski definition) is 5. The second-order valence-electron chi connectivity index (χ2n) is 7.49. The first-order valence-electron chi connectivity index (χ1n) is 9.50. The number of hydrogen-bond donors (Lipinski definition) is 3. The van der Waals surface area contributed by atoms with Crippen molar-refractivity contribution < 1.29 is 17.6 Å². The Morgan fingerprint density at radius 1 is 1.10 bits per heavy atom. The molecule has 0 atom stereocenters. The van der Waals surface area contributed by atoms with Crippen LogP contribution in [0.15, 0.2) is 53.4 Å². The minimum Gasteiger partial charge on any atom is -0.365 e. The van der Waals surface area contributed by atoms with E-state index in [2.05, 4.69) is 15.4 Å². The van der Waals surface area contributed by atoms with Gasteiger partial charge in [-0.2, -0.15) is 4.72 Å². The minimum absolute atomic E-state index is 0.118. The zero-order chi connectivity index (χ0) is 20.5. The van der Waals surface area contributed by atoms with E-state index in [-0.39, 0.29) is 23.2 Å². The highest BCUT2D eigenvalue weighted by Crippen LogP contribution is 2.34. The van der Waals surface area contributed by atoms with Crippen LogP contribution < -0.4 is 15.4 Å². The summed E-state index contributed by atoms with van der Waals surface area (Å²) in [5.41, 5.74) is 0.711. The highest BCUT2D eigenvalue weighted by molar-refractivity contribution is 7.89. The van der Waals surface area contributed by atoms with Crippen molar-refractivity contribution in [3.8, 4) is 0 Å². The molecule has 2 aliphatic heterocycles. The standard InChI is InChI=1S/C20H23FN4O3S/c21-16-7-5-15(6-8-16)13-22-19(26)14-25-11-9-20(10-12-25)23-17-3-1-2-4-18(17)29(27,28)24-20/h1-8,23-24H,9-14H2,(H,22,26). The van der Waals surface area contributed by atoms with Crippen molar-refractivity contribution in [2.45, 2.75) is 29.9 Å². The van der Waals surface area contributed by atoms with E-state index in [4.69, 9.17) is 0 Å². The van der Waals surface area contributed by atoms with Crippen LogP contribution in [-0.4, -0.2) is 44.5 Å². The molecule has 1 spiro atoms. The maximum Gasteiger partial charge on any atom is 0.244 e. The smallest absolute Gasteiger partial charge is 0.244 e. The number of amides is 1. The summed E-state index contributed by atoms with van der Waals surface area (Å²) in [5, 5.41) is 6.18. The third kappa shape index (κ3) is 4.42. The molecule has 4 rings (SSSR count). The van der Waals surface area contributed by atoms with Crippen molar-refractivity contribution in [1.29, 1.82) is 0 Å². The summed E-state index contributed by atoms with van der Waals surface area (Å²) in [5.74, 6) is -0.426. The molecule has 7 nitrogen and oxygen atoms in total. The Kier molecular flexibility index (Phi) is 5.28. The van der Waals surface area contributed by atoms with Crippen LogP contribution in [0.3, 0.4) is 0 Å². The van der Waals surface area contributed by atoms with Gasteiger partial charge in [0.25, 0.3) is 0 Å². The summed E-state index contributed by atoms with van der Waals surface area (Å²) < 4.78 is 40.9. The van der Waals surface area contributed by atoms with Gasteiger partial charge in [0.05, 0.1) is 12.2 Å². The molecule has 0 aromatic heterocycles. The van der Waals surface area contributed by atoms with Gasteiger partial charge in [-0.25, -0.2) is 12.8 Å². The molecular weight excluding hydrogens is 395 g/mol. The van der Waals surface area contributed by atoms with Crippen LogP contribution in [0.4, 0.5) is 10.1 Å². The number of piperidine rings is 1. The first kappa shape index (κ1) is 19.8. The maximum absolute atomic E-state index is 12.9. The molecule has 1 saturated heterocycles. The monoisotopic (exact) mass is 418 g/mol. The molecule has 1 amide bonds. The van der Waals surface area contributed by atoms with Crippen molar-refractivity contribution >= 4 is 21.6 Å². The molecule has 2 aliphatic rings. The second kappa shape index (κ2) is 7.74. The molecule has 0 radical (unpaired) electrons. The number of halogens is 1. The number of fused-ring (bicyclic) bond motifs is 1. The number of rotatable bonds is 4. The summed E-state index contributed by atoms with van der Waals surface area (Å²) in [6, 6.07) is 12.9. The quantitative estimate of drug-likeness (QED) is 0.702. The summed E-state index contributed by atoms with van der Waals surface area (Å²) in [6.45, 7) is 1.75. The molecule has 0 aliphatic carbocycles. The molecular formula is C20H23FN4O3S. The lowest BCUT2D eigenvalue weighted by Gasteiger charge is -2.45. The molecule has 2 aromatic rings. The van der Waals surface area contributed by atoms with Crippen LogP contribution in [-0.2, 0) is 21.4 Å². The lowest BCUT2D eigenvalue weighted by Crippen LogP contribution is -2.62. The lowest BCUT2D eigenvalue weighted by molar-refractivity contribution is -0.122. The van der Waals surface area contributed by atoms with Gasteiger partial charge in [-0.3, -0.25) is 9.69 Å². The number of nitrogens with zero attached hydrogens (tertiary/aromatic N) is 1. The summed E-state index contributed by atoms with van der Waals surface area (Å²) in [6.07, 6.45) is 1.09. The largest absolute Gasteiger partial charge is 0.365 e. The topological polar surface area (TPSA) is 90.5 Å². The van der Waals surface area contributed by atoms with E-state index in [1.54, 1.807) is 36.4 Å². The highest BCUT2D eigenvalue weighted by Gasteiger charge is 2.43. The van der Waals surface area contributed by atoms with Gasteiger partial charge in [-0.05, 0) is 42.7 Å². The van der Waals surface area contributed by atoms with E-state index in [9.17, 15) is 17.6 Å². The highest BCUT2D eigenvalue weighted by atomic mass is 32.2. The number of sulfonamides is 1. The molecule has 154 valence electrons. The van der Waals surface area contributed by atoms with Crippen LogP contribution in [0, 0.1) is 5.82 Å². The van der Waals surface area contributed by atoms with Crippen molar-refractivity contribution in [3.63, 3.8) is 0 Å². The van der Waals surface area contributed by atoms with Gasteiger partial charge in [-0.15, -0.1) is 0 Å². The van der Waals surface area contributed by atoms with Crippen molar-refractivity contribution in [2.75, 3.05) is 25.0 Å². The third-order valence-electron chi connectivity index (χ3n) is 5.36. The van der Waals surface area contributed by atoms with Crippen LogP contribution >= 0.6 is 0 Å². The van der Waals surface area contributed by atoms with Gasteiger partial charge in [0.1, 0.15) is 16.4 Å². The average Bonchev–Trinajstić information content (AvgIpc) is 2.69. The Hall–Kier alpha value is -2.49. The number of benzene rings is 2. The van der Waals surface area contributed by atoms with E-state index in [0.717, 1.165) is 5.56 Å². The first-order chi connectivity index (χ1) is 13.9. The van der Waals surface area contributed by atoms with Gasteiger partial charge in [0.2, 0.25) is 15.9 Å². The number of nitrogens with one attached hydrogen (secondary N) is 3. The fourth-order valence-corrected chi connectivity index (χ4v) is 5.33. The van der Waals surface area contributed by atoms with Gasteiger partial charge < -0.3 is 10.6 Å².